The zero-order chi connectivity index (χ0) is 15.0. The van der Waals surface area contributed by atoms with Gasteiger partial charge in [0, 0.05) is 19.0 Å². The number of piperidine rings is 1. The molecule has 1 N–H and O–H groups in total. The predicted molar refractivity (Wildman–Crippen MR) is 76.5 cm³/mol. The maximum absolute atomic E-state index is 12.4. The quantitative estimate of drug-likeness (QED) is 0.743. The van der Waals surface area contributed by atoms with Gasteiger partial charge in [0.1, 0.15) is 6.61 Å². The van der Waals surface area contributed by atoms with Gasteiger partial charge in [0.25, 0.3) is 0 Å². The summed E-state index contributed by atoms with van der Waals surface area (Å²) in [5.41, 5.74) is 0. The van der Waals surface area contributed by atoms with E-state index in [2.05, 4.69) is 13.8 Å². The van der Waals surface area contributed by atoms with Crippen molar-refractivity contribution in [1.29, 1.82) is 0 Å². The van der Waals surface area contributed by atoms with Gasteiger partial charge in [0.2, 0.25) is 5.91 Å². The van der Waals surface area contributed by atoms with Crippen LogP contribution in [0.15, 0.2) is 0 Å². The van der Waals surface area contributed by atoms with E-state index in [0.717, 1.165) is 38.5 Å². The third-order valence-corrected chi connectivity index (χ3v) is 3.94. The first-order chi connectivity index (χ1) is 9.58. The lowest BCUT2D eigenvalue weighted by Gasteiger charge is -2.34. The van der Waals surface area contributed by atoms with Crippen LogP contribution in [0.4, 0.5) is 0 Å². The highest BCUT2D eigenvalue weighted by Crippen LogP contribution is 2.20. The summed E-state index contributed by atoms with van der Waals surface area (Å²) in [5, 5.41) is 8.58. The fraction of sp³-hybridized carbons (Fsp3) is 0.867. The van der Waals surface area contributed by atoms with Gasteiger partial charge in [-0.2, -0.15) is 0 Å². The molecule has 5 nitrogen and oxygen atoms in total. The molecule has 1 amide bonds. The summed E-state index contributed by atoms with van der Waals surface area (Å²) >= 11 is 0. The van der Waals surface area contributed by atoms with E-state index in [-0.39, 0.29) is 24.5 Å². The SMILES string of the molecule is CCCCC(CC)C(=O)N1CCC(OCC(=O)O)CC1. The van der Waals surface area contributed by atoms with Crippen molar-refractivity contribution >= 4 is 11.9 Å². The fourth-order valence-electron chi connectivity index (χ4n) is 2.64. The van der Waals surface area contributed by atoms with Gasteiger partial charge in [-0.05, 0) is 25.7 Å². The van der Waals surface area contributed by atoms with Crippen molar-refractivity contribution in [2.75, 3.05) is 19.7 Å². The average molecular weight is 285 g/mol. The molecule has 0 aliphatic carbocycles. The second-order valence-corrected chi connectivity index (χ2v) is 5.48. The monoisotopic (exact) mass is 285 g/mol. The summed E-state index contributed by atoms with van der Waals surface area (Å²) in [6, 6.07) is 0. The lowest BCUT2D eigenvalue weighted by atomic mass is 9.96. The number of carbonyl (C=O) groups excluding carboxylic acids is 1. The molecule has 5 heteroatoms. The Morgan fingerprint density at radius 3 is 2.45 bits per heavy atom. The number of amides is 1. The molecule has 1 fully saturated rings. The highest BCUT2D eigenvalue weighted by atomic mass is 16.5. The summed E-state index contributed by atoms with van der Waals surface area (Å²) < 4.78 is 5.29. The van der Waals surface area contributed by atoms with Gasteiger partial charge in [0.15, 0.2) is 0 Å². The predicted octanol–water partition coefficient (Wildman–Crippen LogP) is 2.30. The van der Waals surface area contributed by atoms with Gasteiger partial charge in [-0.15, -0.1) is 0 Å². The smallest absolute Gasteiger partial charge is 0.329 e. The van der Waals surface area contributed by atoms with Crippen LogP contribution in [0.2, 0.25) is 0 Å². The second-order valence-electron chi connectivity index (χ2n) is 5.48. The molecule has 20 heavy (non-hydrogen) atoms. The van der Waals surface area contributed by atoms with E-state index >= 15 is 0 Å². The standard InChI is InChI=1S/C15H27NO4/c1-3-5-6-12(4-2)15(19)16-9-7-13(8-10-16)20-11-14(17)18/h12-13H,3-11H2,1-2H3,(H,17,18). The molecule has 1 heterocycles. The Morgan fingerprint density at radius 1 is 1.30 bits per heavy atom. The fourth-order valence-corrected chi connectivity index (χ4v) is 2.64. The third-order valence-electron chi connectivity index (χ3n) is 3.94. The van der Waals surface area contributed by atoms with E-state index in [1.807, 2.05) is 4.90 Å². The van der Waals surface area contributed by atoms with Crippen LogP contribution in [0.1, 0.15) is 52.4 Å². The number of aliphatic carboxylic acids is 1. The Balaban J connectivity index is 2.35. The Hall–Kier alpha value is -1.10. The van der Waals surface area contributed by atoms with Crippen LogP contribution >= 0.6 is 0 Å². The number of carboxylic acids is 1. The number of rotatable bonds is 8. The van der Waals surface area contributed by atoms with Crippen LogP contribution in [0, 0.1) is 5.92 Å². The largest absolute Gasteiger partial charge is 0.480 e. The van der Waals surface area contributed by atoms with E-state index in [4.69, 9.17) is 9.84 Å². The molecule has 116 valence electrons. The van der Waals surface area contributed by atoms with E-state index in [1.54, 1.807) is 0 Å². The zero-order valence-electron chi connectivity index (χ0n) is 12.6. The van der Waals surface area contributed by atoms with Crippen LogP contribution in [-0.4, -0.2) is 47.7 Å². The average Bonchev–Trinajstić information content (AvgIpc) is 2.46. The number of hydrogen-bond acceptors (Lipinski definition) is 3. The maximum atomic E-state index is 12.4. The second kappa shape index (κ2) is 8.95. The maximum Gasteiger partial charge on any atom is 0.329 e. The van der Waals surface area contributed by atoms with Gasteiger partial charge in [-0.25, -0.2) is 4.79 Å². The van der Waals surface area contributed by atoms with E-state index in [1.165, 1.54) is 0 Å². The molecule has 1 rings (SSSR count). The molecule has 0 saturated carbocycles. The summed E-state index contributed by atoms with van der Waals surface area (Å²) in [5.74, 6) is -0.529. The van der Waals surface area contributed by atoms with Crippen LogP contribution in [0.3, 0.4) is 0 Å². The van der Waals surface area contributed by atoms with Gasteiger partial charge >= 0.3 is 5.97 Å². The number of unbranched alkanes of at least 4 members (excludes halogenated alkanes) is 1. The van der Waals surface area contributed by atoms with Crippen molar-refractivity contribution < 1.29 is 19.4 Å². The lowest BCUT2D eigenvalue weighted by molar-refractivity contribution is -0.147. The Bertz CT molecular complexity index is 311. The van der Waals surface area contributed by atoms with Crippen molar-refractivity contribution in [1.82, 2.24) is 4.90 Å². The molecule has 1 saturated heterocycles. The molecular formula is C15H27NO4. The Kier molecular flexibility index (Phi) is 7.59. The van der Waals surface area contributed by atoms with Gasteiger partial charge in [-0.1, -0.05) is 26.7 Å². The van der Waals surface area contributed by atoms with Crippen LogP contribution in [-0.2, 0) is 14.3 Å². The Labute approximate surface area is 121 Å². The highest BCUT2D eigenvalue weighted by molar-refractivity contribution is 5.78. The summed E-state index contributed by atoms with van der Waals surface area (Å²) in [4.78, 5) is 24.8. The van der Waals surface area contributed by atoms with Crippen molar-refractivity contribution in [3.63, 3.8) is 0 Å². The number of likely N-dealkylation sites (tertiary alicyclic amines) is 1. The summed E-state index contributed by atoms with van der Waals surface area (Å²) in [6.45, 7) is 5.34. The first-order valence-corrected chi connectivity index (χ1v) is 7.70. The summed E-state index contributed by atoms with van der Waals surface area (Å²) in [6.07, 6.45) is 5.55. The van der Waals surface area contributed by atoms with Crippen LogP contribution in [0.25, 0.3) is 0 Å². The minimum atomic E-state index is -0.936. The van der Waals surface area contributed by atoms with Crippen molar-refractivity contribution in [3.05, 3.63) is 0 Å². The van der Waals surface area contributed by atoms with Crippen molar-refractivity contribution in [3.8, 4) is 0 Å². The summed E-state index contributed by atoms with van der Waals surface area (Å²) in [7, 11) is 0. The number of hydrogen-bond donors (Lipinski definition) is 1. The molecule has 0 aromatic rings. The normalized spacial score (nSPS) is 18.0. The van der Waals surface area contributed by atoms with Gasteiger partial charge in [-0.3, -0.25) is 4.79 Å². The van der Waals surface area contributed by atoms with Crippen LogP contribution in [0.5, 0.6) is 0 Å². The topological polar surface area (TPSA) is 66.8 Å². The van der Waals surface area contributed by atoms with Gasteiger partial charge < -0.3 is 14.7 Å². The molecule has 1 aliphatic heterocycles. The number of carbonyl (C=O) groups is 2. The van der Waals surface area contributed by atoms with Gasteiger partial charge in [0.05, 0.1) is 6.10 Å². The molecule has 0 aromatic heterocycles. The van der Waals surface area contributed by atoms with E-state index in [9.17, 15) is 9.59 Å². The number of ether oxygens (including phenoxy) is 1. The number of nitrogens with zero attached hydrogens (tertiary/aromatic N) is 1. The molecule has 0 bridgehead atoms. The van der Waals surface area contributed by atoms with E-state index in [0.29, 0.717) is 13.1 Å². The van der Waals surface area contributed by atoms with Crippen molar-refractivity contribution in [2.24, 2.45) is 5.92 Å². The number of carboxylic acid groups (broad SMARTS) is 1. The molecule has 0 aromatic carbocycles. The third kappa shape index (κ3) is 5.49. The molecule has 1 unspecified atom stereocenters. The van der Waals surface area contributed by atoms with Crippen LogP contribution < -0.4 is 0 Å². The highest BCUT2D eigenvalue weighted by Gasteiger charge is 2.27. The molecule has 1 atom stereocenters. The molecular weight excluding hydrogens is 258 g/mol. The molecule has 0 spiro atoms. The first-order valence-electron chi connectivity index (χ1n) is 7.70. The van der Waals surface area contributed by atoms with Crippen molar-refractivity contribution in [2.45, 2.75) is 58.5 Å². The molecule has 0 radical (unpaired) electrons. The first kappa shape index (κ1) is 17.0. The Morgan fingerprint density at radius 2 is 1.95 bits per heavy atom. The molecule has 1 aliphatic rings. The van der Waals surface area contributed by atoms with E-state index < -0.39 is 5.97 Å². The zero-order valence-corrected chi connectivity index (χ0v) is 12.6. The lowest BCUT2D eigenvalue weighted by Crippen LogP contribution is -2.43. The minimum Gasteiger partial charge on any atom is -0.480 e. The minimum absolute atomic E-state index is 0.0223.